The van der Waals surface area contributed by atoms with Gasteiger partial charge in [0, 0.05) is 20.9 Å². The van der Waals surface area contributed by atoms with E-state index in [0.29, 0.717) is 0 Å². The summed E-state index contributed by atoms with van der Waals surface area (Å²) in [6.07, 6.45) is 46.2. The summed E-state index contributed by atoms with van der Waals surface area (Å²) in [4.78, 5) is 2.47. The Balaban J connectivity index is 1.31. The van der Waals surface area contributed by atoms with Gasteiger partial charge in [-0.25, -0.2) is 0 Å². The average Bonchev–Trinajstić information content (AvgIpc) is 4.12. The lowest BCUT2D eigenvalue weighted by molar-refractivity contribution is 0.400. The minimum absolute atomic E-state index is 0.728. The summed E-state index contributed by atoms with van der Waals surface area (Å²) in [5, 5.41) is 0. The van der Waals surface area contributed by atoms with Crippen LogP contribution in [-0.4, -0.2) is 8.75 Å². The minimum atomic E-state index is 0.728. The summed E-state index contributed by atoms with van der Waals surface area (Å²) in [6.45, 7) is 9.26. The van der Waals surface area contributed by atoms with Crippen LogP contribution in [0, 0.1) is 11.8 Å². The molecule has 4 aromatic rings. The number of rotatable bonds is 38. The lowest BCUT2D eigenvalue weighted by Gasteiger charge is -2.17. The van der Waals surface area contributed by atoms with Gasteiger partial charge in [-0.05, 0) is 79.8 Å². The molecule has 0 radical (unpaired) electrons. The Hall–Kier alpha value is -0.780. The molecule has 1 aliphatic heterocycles. The van der Waals surface area contributed by atoms with Crippen LogP contribution in [0.5, 0.6) is 0 Å². The van der Waals surface area contributed by atoms with Gasteiger partial charge in [0.1, 0.15) is 22.4 Å². The smallest absolute Gasteiger partial charge is 0.116 e. The molecule has 0 amide bonds. The first kappa shape index (κ1) is 54.2. The van der Waals surface area contributed by atoms with Crippen molar-refractivity contribution in [2.24, 2.45) is 20.6 Å². The van der Waals surface area contributed by atoms with Crippen molar-refractivity contribution in [3.8, 4) is 20.9 Å². The zero-order valence-electron chi connectivity index (χ0n) is 40.5. The third-order valence-electron chi connectivity index (χ3n) is 13.8. The molecule has 2 atom stereocenters. The lowest BCUT2D eigenvalue weighted by atomic mass is 9.89. The number of halogens is 2. The number of thiophene rings is 2. The van der Waals surface area contributed by atoms with Crippen LogP contribution in [0.25, 0.3) is 31.9 Å². The summed E-state index contributed by atoms with van der Waals surface area (Å²) in [7, 11) is 0. The zero-order chi connectivity index (χ0) is 45.2. The molecular formula is C54H84Br2N4S4. The van der Waals surface area contributed by atoms with E-state index in [9.17, 15) is 0 Å². The van der Waals surface area contributed by atoms with Crippen molar-refractivity contribution >= 4 is 100 Å². The van der Waals surface area contributed by atoms with E-state index in [1.165, 1.54) is 257 Å². The monoisotopic (exact) mass is 1070 g/mol. The third-order valence-corrected chi connectivity index (χ3v) is 18.8. The number of benzene rings is 1. The first-order valence-electron chi connectivity index (χ1n) is 26.5. The molecule has 0 bridgehead atoms. The molecule has 5 rings (SSSR count). The molecular weight excluding hydrogens is 993 g/mol. The van der Waals surface area contributed by atoms with Gasteiger partial charge >= 0.3 is 0 Å². The van der Waals surface area contributed by atoms with Gasteiger partial charge in [-0.2, -0.15) is 17.5 Å². The molecule has 0 fully saturated rings. The quantitative estimate of drug-likeness (QED) is 0.0370. The number of fused-ring (bicyclic) bond motifs is 2. The van der Waals surface area contributed by atoms with E-state index in [2.05, 4.69) is 71.7 Å². The highest BCUT2D eigenvalue weighted by Crippen LogP contribution is 2.55. The largest absolute Gasteiger partial charge is 0.172 e. The molecule has 4 heterocycles. The number of hydrogen-bond acceptors (Lipinski definition) is 7. The van der Waals surface area contributed by atoms with E-state index in [1.54, 1.807) is 0 Å². The fourth-order valence-electron chi connectivity index (χ4n) is 9.94. The fraction of sp³-hybridized carbons (Fsp3) is 0.741. The number of nitrogens with zero attached hydrogens (tertiary/aromatic N) is 4. The molecule has 10 heteroatoms. The summed E-state index contributed by atoms with van der Waals surface area (Å²) >= 11 is 14.5. The van der Waals surface area contributed by atoms with Crippen LogP contribution < -0.4 is 0 Å². The Labute approximate surface area is 423 Å². The number of aromatic nitrogens is 2. The molecule has 1 aromatic carbocycles. The third kappa shape index (κ3) is 17.9. The highest BCUT2D eigenvalue weighted by molar-refractivity contribution is 9.11. The van der Waals surface area contributed by atoms with Gasteiger partial charge in [-0.15, -0.1) is 22.7 Å². The van der Waals surface area contributed by atoms with E-state index < -0.39 is 0 Å². The van der Waals surface area contributed by atoms with Crippen LogP contribution in [-0.2, 0) is 24.2 Å². The highest BCUT2D eigenvalue weighted by atomic mass is 79.9. The van der Waals surface area contributed by atoms with Crippen molar-refractivity contribution in [1.29, 1.82) is 0 Å². The van der Waals surface area contributed by atoms with Crippen molar-refractivity contribution in [3.05, 3.63) is 30.8 Å². The summed E-state index contributed by atoms with van der Waals surface area (Å²) in [5.74, 6) is 1.46. The Morgan fingerprint density at radius 1 is 0.422 bits per heavy atom. The predicted octanol–water partition coefficient (Wildman–Crippen LogP) is 22.3. The highest BCUT2D eigenvalue weighted by Gasteiger charge is 2.29. The number of unbranched alkanes of at least 4 members (excludes halogenated alkanes) is 24. The molecule has 64 heavy (non-hydrogen) atoms. The molecule has 0 saturated carbocycles. The maximum absolute atomic E-state index is 5.02. The van der Waals surface area contributed by atoms with Crippen molar-refractivity contribution < 1.29 is 0 Å². The summed E-state index contributed by atoms with van der Waals surface area (Å²) in [6, 6.07) is 4.92. The predicted molar refractivity (Wildman–Crippen MR) is 296 cm³/mol. The van der Waals surface area contributed by atoms with E-state index >= 15 is 0 Å². The topological polar surface area (TPSA) is 50.5 Å². The molecule has 1 aliphatic rings. The van der Waals surface area contributed by atoms with E-state index in [0.717, 1.165) is 58.2 Å². The number of hydrogen-bond donors (Lipinski definition) is 0. The zero-order valence-corrected chi connectivity index (χ0v) is 47.0. The van der Waals surface area contributed by atoms with Crippen LogP contribution in [0.2, 0.25) is 0 Å². The van der Waals surface area contributed by atoms with E-state index in [4.69, 9.17) is 17.5 Å². The van der Waals surface area contributed by atoms with Crippen LogP contribution >= 0.6 is 66.3 Å². The van der Waals surface area contributed by atoms with E-state index in [-0.39, 0.29) is 0 Å². The van der Waals surface area contributed by atoms with Gasteiger partial charge in [0.25, 0.3) is 0 Å². The van der Waals surface area contributed by atoms with Gasteiger partial charge in [-0.1, -0.05) is 233 Å². The second-order valence-corrected chi connectivity index (χ2v) is 25.1. The Kier molecular flexibility index (Phi) is 27.2. The van der Waals surface area contributed by atoms with E-state index in [1.807, 2.05) is 22.7 Å². The van der Waals surface area contributed by atoms with Crippen molar-refractivity contribution in [2.75, 3.05) is 0 Å². The van der Waals surface area contributed by atoms with Crippen molar-refractivity contribution in [2.45, 2.75) is 246 Å². The first-order valence-corrected chi connectivity index (χ1v) is 31.1. The Morgan fingerprint density at radius 2 is 0.719 bits per heavy atom. The van der Waals surface area contributed by atoms with Gasteiger partial charge < -0.3 is 0 Å². The minimum Gasteiger partial charge on any atom is -0.172 e. The lowest BCUT2D eigenvalue weighted by Crippen LogP contribution is -2.05. The summed E-state index contributed by atoms with van der Waals surface area (Å²) < 4.78 is 22.6. The van der Waals surface area contributed by atoms with Crippen LogP contribution in [0.3, 0.4) is 0 Å². The SMILES string of the molecule is CCCCCCCCCCC(CCCCCCCC)Cc1cc(-c2c3c(c(-c4cc(CC(CCCCCCCC)CCCCCCCCCC)c(Br)s4)c4nsnc24)N=S=N3)sc1Br. The maximum atomic E-state index is 5.02. The van der Waals surface area contributed by atoms with Gasteiger partial charge in [-0.3, -0.25) is 0 Å². The second-order valence-electron chi connectivity index (χ2n) is 19.3. The molecule has 358 valence electrons. The van der Waals surface area contributed by atoms with Gasteiger partial charge in [0.05, 0.1) is 30.7 Å². The molecule has 0 aliphatic carbocycles. The standard InChI is InChI=1S/C54H84Br2N4S4/c1-5-9-13-17-21-23-27-31-35-41(33-29-25-19-15-11-7-3)37-43-39-45(61-53(43)55)47-49-51(59-63-57-49)48(52-50(47)58-64-60-52)46-40-44(54(56)62-46)38-42(34-30-26-20-16-12-8-4)36-32-28-24-22-18-14-10-6-2/h39-42H,5-38H2,1-4H3. The van der Waals surface area contributed by atoms with Crippen molar-refractivity contribution in [1.82, 2.24) is 8.75 Å². The first-order chi connectivity index (χ1) is 31.5. The molecule has 0 N–H and O–H groups in total. The molecule has 3 aromatic heterocycles. The van der Waals surface area contributed by atoms with Crippen molar-refractivity contribution in [3.63, 3.8) is 0 Å². The fourth-order valence-corrected chi connectivity index (χ4v) is 14.6. The van der Waals surface area contributed by atoms with Crippen LogP contribution in [0.1, 0.15) is 244 Å². The Bertz CT molecular complexity index is 1830. The molecule has 2 unspecified atom stereocenters. The van der Waals surface area contributed by atoms with Gasteiger partial charge in [0.15, 0.2) is 0 Å². The normalized spacial score (nSPS) is 13.3. The molecule has 0 spiro atoms. The van der Waals surface area contributed by atoms with Crippen LogP contribution in [0.15, 0.2) is 28.4 Å². The maximum Gasteiger partial charge on any atom is 0.116 e. The van der Waals surface area contributed by atoms with Gasteiger partial charge in [0.2, 0.25) is 0 Å². The molecule has 4 nitrogen and oxygen atoms in total. The summed E-state index contributed by atoms with van der Waals surface area (Å²) in [5.41, 5.74) is 9.03. The second kappa shape index (κ2) is 32.1. The van der Waals surface area contributed by atoms with Crippen LogP contribution in [0.4, 0.5) is 11.4 Å². The average molecular weight is 1080 g/mol. The molecule has 0 saturated heterocycles. The Morgan fingerprint density at radius 3 is 1.03 bits per heavy atom.